The van der Waals surface area contributed by atoms with Crippen LogP contribution in [0.1, 0.15) is 5.56 Å². The van der Waals surface area contributed by atoms with Gasteiger partial charge in [-0.3, -0.25) is 14.4 Å². The molecule has 8 nitrogen and oxygen atoms in total. The summed E-state index contributed by atoms with van der Waals surface area (Å²) in [6.07, 6.45) is 3.23. The Morgan fingerprint density at radius 3 is 2.90 bits per heavy atom. The monoisotopic (exact) mass is 420 g/mol. The summed E-state index contributed by atoms with van der Waals surface area (Å²) in [7, 11) is 1.58. The molecule has 1 aromatic heterocycles. The van der Waals surface area contributed by atoms with Crippen molar-refractivity contribution in [2.24, 2.45) is 12.0 Å². The highest BCUT2D eigenvalue weighted by molar-refractivity contribution is 5.97. The Kier molecular flexibility index (Phi) is 5.37. The molecule has 1 aliphatic rings. The van der Waals surface area contributed by atoms with Crippen molar-refractivity contribution in [3.63, 3.8) is 0 Å². The molecule has 9 heteroatoms. The molecule has 0 saturated heterocycles. The fourth-order valence-electron chi connectivity index (χ4n) is 3.28. The first-order valence-corrected chi connectivity index (χ1v) is 9.38. The average Bonchev–Trinajstić information content (AvgIpc) is 3.07. The van der Waals surface area contributed by atoms with Crippen LogP contribution >= 0.6 is 0 Å². The number of aliphatic imine (C=N–C) groups is 1. The number of fused-ring (bicyclic) bond motifs is 1. The SMILES string of the molecule is Cn1c(=O)oc2ccc(-c3ccc(CC(C#N)NC(=O)[C@@H]4C=NC=CO4)cc3F)cc21. The highest BCUT2D eigenvalue weighted by Gasteiger charge is 2.22. The number of nitrogens with zero attached hydrogens (tertiary/aromatic N) is 3. The van der Waals surface area contributed by atoms with Crippen LogP contribution in [0.3, 0.4) is 0 Å². The van der Waals surface area contributed by atoms with Crippen LogP contribution in [0.4, 0.5) is 4.39 Å². The second kappa shape index (κ2) is 8.28. The first kappa shape index (κ1) is 20.1. The number of nitrogens with one attached hydrogen (secondary N) is 1. The van der Waals surface area contributed by atoms with Crippen LogP contribution < -0.4 is 11.1 Å². The van der Waals surface area contributed by atoms with Gasteiger partial charge in [0.1, 0.15) is 18.1 Å². The van der Waals surface area contributed by atoms with E-state index in [2.05, 4.69) is 10.3 Å². The molecule has 0 bridgehead atoms. The summed E-state index contributed by atoms with van der Waals surface area (Å²) in [5.74, 6) is -1.48. The molecule has 1 unspecified atom stereocenters. The molecule has 0 radical (unpaired) electrons. The molecule has 0 aliphatic carbocycles. The quantitative estimate of drug-likeness (QED) is 0.682. The van der Waals surface area contributed by atoms with E-state index in [1.807, 2.05) is 6.07 Å². The number of hydrogen-bond acceptors (Lipinski definition) is 6. The first-order chi connectivity index (χ1) is 15.0. The van der Waals surface area contributed by atoms with Crippen molar-refractivity contribution in [2.45, 2.75) is 18.6 Å². The van der Waals surface area contributed by atoms with Crippen LogP contribution in [0, 0.1) is 17.1 Å². The predicted octanol–water partition coefficient (Wildman–Crippen LogP) is 2.43. The third kappa shape index (κ3) is 4.09. The molecule has 1 N–H and O–H groups in total. The van der Waals surface area contributed by atoms with Crippen molar-refractivity contribution < 1.29 is 18.3 Å². The lowest BCUT2D eigenvalue weighted by molar-refractivity contribution is -0.126. The molecule has 2 heterocycles. The maximum atomic E-state index is 14.8. The Morgan fingerprint density at radius 1 is 1.35 bits per heavy atom. The zero-order chi connectivity index (χ0) is 22.0. The lowest BCUT2D eigenvalue weighted by Gasteiger charge is -2.17. The molecule has 156 valence electrons. The minimum atomic E-state index is -0.909. The number of aromatic nitrogens is 1. The number of carbonyl (C=O) groups excluding carboxylic acids is 1. The number of aryl methyl sites for hydroxylation is 1. The number of rotatable bonds is 5. The van der Waals surface area contributed by atoms with Gasteiger partial charge in [0, 0.05) is 19.0 Å². The minimum Gasteiger partial charge on any atom is -0.481 e. The molecule has 2 aromatic carbocycles. The van der Waals surface area contributed by atoms with Crippen molar-refractivity contribution in [3.05, 3.63) is 70.8 Å². The van der Waals surface area contributed by atoms with E-state index in [0.717, 1.165) is 0 Å². The van der Waals surface area contributed by atoms with E-state index in [-0.39, 0.29) is 6.42 Å². The number of amides is 1. The molecule has 0 saturated carbocycles. The summed E-state index contributed by atoms with van der Waals surface area (Å²) in [5, 5.41) is 11.9. The lowest BCUT2D eigenvalue weighted by atomic mass is 10.00. The van der Waals surface area contributed by atoms with Crippen molar-refractivity contribution in [1.29, 1.82) is 5.26 Å². The zero-order valence-electron chi connectivity index (χ0n) is 16.4. The third-order valence-corrected chi connectivity index (χ3v) is 4.90. The zero-order valence-corrected chi connectivity index (χ0v) is 16.4. The number of halogens is 1. The number of carbonyl (C=O) groups is 1. The van der Waals surface area contributed by atoms with Crippen LogP contribution in [0.2, 0.25) is 0 Å². The minimum absolute atomic E-state index is 0.119. The molecule has 31 heavy (non-hydrogen) atoms. The number of hydrogen-bond donors (Lipinski definition) is 1. The fourth-order valence-corrected chi connectivity index (χ4v) is 3.28. The van der Waals surface area contributed by atoms with Gasteiger partial charge in [-0.25, -0.2) is 9.18 Å². The normalized spacial score (nSPS) is 16.0. The molecule has 1 amide bonds. The molecule has 0 fully saturated rings. The summed E-state index contributed by atoms with van der Waals surface area (Å²) < 4.78 is 26.4. The van der Waals surface area contributed by atoms with Gasteiger partial charge in [0.15, 0.2) is 5.58 Å². The van der Waals surface area contributed by atoms with Crippen molar-refractivity contribution in [3.8, 4) is 17.2 Å². The molecule has 0 spiro atoms. The summed E-state index contributed by atoms with van der Waals surface area (Å²) in [6.45, 7) is 0. The van der Waals surface area contributed by atoms with Gasteiger partial charge in [-0.05, 0) is 29.3 Å². The van der Waals surface area contributed by atoms with Crippen molar-refractivity contribution >= 4 is 23.2 Å². The van der Waals surface area contributed by atoms with E-state index in [1.165, 1.54) is 29.3 Å². The molecule has 4 rings (SSSR count). The summed E-state index contributed by atoms with van der Waals surface area (Å²) in [4.78, 5) is 27.7. The van der Waals surface area contributed by atoms with E-state index < -0.39 is 29.6 Å². The maximum Gasteiger partial charge on any atom is 0.419 e. The standard InChI is InChI=1S/C22H17FN4O4/c1-27-18-10-14(3-5-19(18)31-22(27)29)16-4-2-13(9-17(16)23)8-15(11-24)26-21(28)20-12-25-6-7-30-20/h2-7,9-10,12,15,20H,8H2,1H3,(H,26,28)/t15?,20-/m0/s1. The topological polar surface area (TPSA) is 110 Å². The van der Waals surface area contributed by atoms with Crippen molar-refractivity contribution in [2.75, 3.05) is 0 Å². The van der Waals surface area contributed by atoms with Gasteiger partial charge in [-0.15, -0.1) is 0 Å². The fraction of sp³-hybridized carbons (Fsp3) is 0.182. The van der Waals surface area contributed by atoms with E-state index in [4.69, 9.17) is 9.15 Å². The van der Waals surface area contributed by atoms with E-state index in [1.54, 1.807) is 37.4 Å². The first-order valence-electron chi connectivity index (χ1n) is 9.38. The van der Waals surface area contributed by atoms with Crippen LogP contribution in [-0.2, 0) is 23.0 Å². The molecule has 1 aliphatic heterocycles. The molecular weight excluding hydrogens is 403 g/mol. The predicted molar refractivity (Wildman–Crippen MR) is 111 cm³/mol. The van der Waals surface area contributed by atoms with Crippen molar-refractivity contribution in [1.82, 2.24) is 9.88 Å². The van der Waals surface area contributed by atoms with E-state index >= 15 is 0 Å². The number of ether oxygens (including phenoxy) is 1. The Balaban J connectivity index is 1.51. The van der Waals surface area contributed by atoms with Gasteiger partial charge in [0.2, 0.25) is 6.10 Å². The average molecular weight is 420 g/mol. The smallest absolute Gasteiger partial charge is 0.419 e. The van der Waals surface area contributed by atoms with Gasteiger partial charge in [-0.2, -0.15) is 5.26 Å². The lowest BCUT2D eigenvalue weighted by Crippen LogP contribution is -2.43. The van der Waals surface area contributed by atoms with E-state index in [0.29, 0.717) is 27.8 Å². The highest BCUT2D eigenvalue weighted by Crippen LogP contribution is 2.27. The molecular formula is C22H17FN4O4. The van der Waals surface area contributed by atoms with Gasteiger partial charge < -0.3 is 14.5 Å². The van der Waals surface area contributed by atoms with Crippen LogP contribution in [0.15, 0.2) is 63.1 Å². The number of oxazole rings is 1. The largest absolute Gasteiger partial charge is 0.481 e. The maximum absolute atomic E-state index is 14.8. The molecule has 3 aromatic rings. The second-order valence-corrected chi connectivity index (χ2v) is 6.96. The van der Waals surface area contributed by atoms with Gasteiger partial charge in [0.25, 0.3) is 5.91 Å². The summed E-state index contributed by atoms with van der Waals surface area (Å²) >= 11 is 0. The van der Waals surface area contributed by atoms with Gasteiger partial charge in [0.05, 0.1) is 24.0 Å². The number of benzene rings is 2. The Hall–Kier alpha value is -4.19. The Labute approximate surface area is 175 Å². The highest BCUT2D eigenvalue weighted by atomic mass is 19.1. The van der Waals surface area contributed by atoms with E-state index in [9.17, 15) is 19.2 Å². The number of nitriles is 1. The second-order valence-electron chi connectivity index (χ2n) is 6.96. The summed E-state index contributed by atoms with van der Waals surface area (Å²) in [5.41, 5.74) is 2.45. The van der Waals surface area contributed by atoms with Crippen LogP contribution in [0.25, 0.3) is 22.2 Å². The Morgan fingerprint density at radius 2 is 2.19 bits per heavy atom. The van der Waals surface area contributed by atoms with Gasteiger partial charge in [-0.1, -0.05) is 18.2 Å². The Bertz CT molecular complexity index is 1320. The third-order valence-electron chi connectivity index (χ3n) is 4.90. The summed E-state index contributed by atoms with van der Waals surface area (Å²) in [6, 6.07) is 10.7. The molecule has 2 atom stereocenters. The van der Waals surface area contributed by atoms with Crippen LogP contribution in [0.5, 0.6) is 0 Å². The van der Waals surface area contributed by atoms with Crippen LogP contribution in [-0.4, -0.2) is 28.8 Å². The van der Waals surface area contributed by atoms with Gasteiger partial charge >= 0.3 is 5.76 Å².